The average molecular weight is 283 g/mol. The number of halogens is 1. The van der Waals surface area contributed by atoms with Gasteiger partial charge in [-0.1, -0.05) is 5.16 Å². The molecule has 0 aliphatic carbocycles. The lowest BCUT2D eigenvalue weighted by molar-refractivity contribution is 0.420. The third-order valence-corrected chi connectivity index (χ3v) is 2.49. The first-order valence-electron chi connectivity index (χ1n) is 4.94. The molecule has 16 heavy (non-hydrogen) atoms. The topological polar surface area (TPSA) is 77.8 Å². The van der Waals surface area contributed by atoms with Gasteiger partial charge in [-0.3, -0.25) is 0 Å². The average Bonchev–Trinajstić information content (AvgIpc) is 2.76. The molecule has 0 unspecified atom stereocenters. The summed E-state index contributed by atoms with van der Waals surface area (Å²) in [6.45, 7) is 0.625. The van der Waals surface area contributed by atoms with Gasteiger partial charge in [0.05, 0.1) is 0 Å². The van der Waals surface area contributed by atoms with Crippen molar-refractivity contribution in [3.05, 3.63) is 28.6 Å². The van der Waals surface area contributed by atoms with Gasteiger partial charge in [0.2, 0.25) is 0 Å². The van der Waals surface area contributed by atoms with Crippen LogP contribution in [0.3, 0.4) is 0 Å². The van der Waals surface area contributed by atoms with Gasteiger partial charge in [-0.05, 0) is 41.0 Å². The van der Waals surface area contributed by atoms with Crippen molar-refractivity contribution in [2.75, 3.05) is 6.54 Å². The zero-order valence-electron chi connectivity index (χ0n) is 8.56. The molecule has 0 saturated carbocycles. The van der Waals surface area contributed by atoms with Crippen molar-refractivity contribution < 1.29 is 4.52 Å². The van der Waals surface area contributed by atoms with Crippen LogP contribution in [0.1, 0.15) is 12.2 Å². The van der Waals surface area contributed by atoms with Crippen molar-refractivity contribution in [2.45, 2.75) is 12.8 Å². The molecule has 0 aromatic carbocycles. The largest absolute Gasteiger partial charge is 0.332 e. The Morgan fingerprint density at radius 2 is 2.25 bits per heavy atom. The zero-order chi connectivity index (χ0) is 11.4. The van der Waals surface area contributed by atoms with Gasteiger partial charge in [0.25, 0.3) is 5.89 Å². The van der Waals surface area contributed by atoms with E-state index in [1.807, 2.05) is 12.1 Å². The van der Waals surface area contributed by atoms with Crippen molar-refractivity contribution in [3.8, 4) is 11.6 Å². The molecule has 0 aliphatic heterocycles. The molecule has 0 bridgehead atoms. The fourth-order valence-corrected chi connectivity index (χ4v) is 1.46. The minimum Gasteiger partial charge on any atom is -0.332 e. The lowest BCUT2D eigenvalue weighted by atomic mass is 10.3. The molecule has 0 amide bonds. The maximum absolute atomic E-state index is 5.41. The second-order valence-corrected chi connectivity index (χ2v) is 4.19. The summed E-state index contributed by atoms with van der Waals surface area (Å²) in [7, 11) is 0. The Labute approximate surface area is 101 Å². The fourth-order valence-electron chi connectivity index (χ4n) is 1.22. The van der Waals surface area contributed by atoms with Gasteiger partial charge in [-0.15, -0.1) is 0 Å². The number of aryl methyl sites for hydroxylation is 1. The molecule has 2 aromatic heterocycles. The van der Waals surface area contributed by atoms with Crippen molar-refractivity contribution in [2.24, 2.45) is 5.73 Å². The predicted octanol–water partition coefficient (Wildman–Crippen LogP) is 1.79. The van der Waals surface area contributed by atoms with E-state index in [1.165, 1.54) is 0 Å². The third kappa shape index (κ3) is 2.65. The summed E-state index contributed by atoms with van der Waals surface area (Å²) in [6.07, 6.45) is 3.28. The highest BCUT2D eigenvalue weighted by Crippen LogP contribution is 2.17. The number of rotatable bonds is 4. The SMILES string of the molecule is NCCCc1noc(-c2ccc(Br)cn2)n1. The van der Waals surface area contributed by atoms with E-state index in [9.17, 15) is 0 Å². The van der Waals surface area contributed by atoms with Crippen LogP contribution in [0.2, 0.25) is 0 Å². The van der Waals surface area contributed by atoms with Gasteiger partial charge in [0.15, 0.2) is 5.82 Å². The van der Waals surface area contributed by atoms with Gasteiger partial charge < -0.3 is 10.3 Å². The third-order valence-electron chi connectivity index (χ3n) is 2.02. The van der Waals surface area contributed by atoms with Crippen LogP contribution >= 0.6 is 15.9 Å². The van der Waals surface area contributed by atoms with E-state index < -0.39 is 0 Å². The molecule has 0 fully saturated rings. The van der Waals surface area contributed by atoms with E-state index in [2.05, 4.69) is 31.1 Å². The second-order valence-electron chi connectivity index (χ2n) is 3.27. The monoisotopic (exact) mass is 282 g/mol. The Kier molecular flexibility index (Phi) is 3.63. The van der Waals surface area contributed by atoms with E-state index in [0.717, 1.165) is 17.3 Å². The Balaban J connectivity index is 2.15. The maximum Gasteiger partial charge on any atom is 0.276 e. The van der Waals surface area contributed by atoms with Crippen LogP contribution in [-0.4, -0.2) is 21.7 Å². The quantitative estimate of drug-likeness (QED) is 0.925. The lowest BCUT2D eigenvalue weighted by Gasteiger charge is -1.92. The highest BCUT2D eigenvalue weighted by atomic mass is 79.9. The van der Waals surface area contributed by atoms with E-state index in [0.29, 0.717) is 24.0 Å². The summed E-state index contributed by atoms with van der Waals surface area (Å²) in [6, 6.07) is 3.70. The van der Waals surface area contributed by atoms with Crippen LogP contribution in [0.15, 0.2) is 27.3 Å². The van der Waals surface area contributed by atoms with Crippen molar-refractivity contribution >= 4 is 15.9 Å². The van der Waals surface area contributed by atoms with E-state index in [-0.39, 0.29) is 0 Å². The van der Waals surface area contributed by atoms with Crippen LogP contribution in [0.5, 0.6) is 0 Å². The summed E-state index contributed by atoms with van der Waals surface area (Å²) in [5.41, 5.74) is 6.08. The van der Waals surface area contributed by atoms with E-state index in [4.69, 9.17) is 10.3 Å². The van der Waals surface area contributed by atoms with Crippen LogP contribution < -0.4 is 5.73 Å². The van der Waals surface area contributed by atoms with Crippen LogP contribution in [0.4, 0.5) is 0 Å². The number of hydrogen-bond acceptors (Lipinski definition) is 5. The minimum absolute atomic E-state index is 0.444. The molecule has 2 aromatic rings. The molecule has 84 valence electrons. The van der Waals surface area contributed by atoms with Gasteiger partial charge in [-0.25, -0.2) is 4.98 Å². The molecule has 2 rings (SSSR count). The molecular formula is C10H11BrN4O. The summed E-state index contributed by atoms with van der Waals surface area (Å²) in [5.74, 6) is 1.12. The molecule has 0 spiro atoms. The standard InChI is InChI=1S/C10H11BrN4O/c11-7-3-4-8(13-6-7)10-14-9(15-16-10)2-1-5-12/h3-4,6H,1-2,5,12H2. The molecular weight excluding hydrogens is 272 g/mol. The van der Waals surface area contributed by atoms with Gasteiger partial charge in [-0.2, -0.15) is 4.98 Å². The Morgan fingerprint density at radius 1 is 1.38 bits per heavy atom. The fraction of sp³-hybridized carbons (Fsp3) is 0.300. The van der Waals surface area contributed by atoms with Crippen LogP contribution in [0, 0.1) is 0 Å². The smallest absolute Gasteiger partial charge is 0.276 e. The molecule has 0 aliphatic rings. The van der Waals surface area contributed by atoms with Gasteiger partial charge in [0.1, 0.15) is 5.69 Å². The first-order chi connectivity index (χ1) is 7.79. The number of aromatic nitrogens is 3. The molecule has 5 nitrogen and oxygen atoms in total. The maximum atomic E-state index is 5.41. The van der Waals surface area contributed by atoms with Crippen LogP contribution in [-0.2, 0) is 6.42 Å². The Hall–Kier alpha value is -1.27. The normalized spacial score (nSPS) is 10.6. The number of nitrogens with zero attached hydrogens (tertiary/aromatic N) is 3. The number of nitrogens with two attached hydrogens (primary N) is 1. The molecule has 0 saturated heterocycles. The highest BCUT2D eigenvalue weighted by molar-refractivity contribution is 9.10. The van der Waals surface area contributed by atoms with Crippen molar-refractivity contribution in [1.29, 1.82) is 0 Å². The van der Waals surface area contributed by atoms with E-state index in [1.54, 1.807) is 6.20 Å². The summed E-state index contributed by atoms with van der Waals surface area (Å²) in [5, 5.41) is 3.86. The Morgan fingerprint density at radius 3 is 2.94 bits per heavy atom. The summed E-state index contributed by atoms with van der Waals surface area (Å²) < 4.78 is 6.02. The van der Waals surface area contributed by atoms with Crippen LogP contribution in [0.25, 0.3) is 11.6 Å². The highest BCUT2D eigenvalue weighted by Gasteiger charge is 2.09. The van der Waals surface area contributed by atoms with E-state index >= 15 is 0 Å². The number of hydrogen-bond donors (Lipinski definition) is 1. The molecule has 0 atom stereocenters. The Bertz CT molecular complexity index is 454. The molecule has 2 heterocycles. The number of pyridine rings is 1. The second kappa shape index (κ2) is 5.18. The van der Waals surface area contributed by atoms with Gasteiger partial charge >= 0.3 is 0 Å². The lowest BCUT2D eigenvalue weighted by Crippen LogP contribution is -2.01. The predicted molar refractivity (Wildman–Crippen MR) is 62.6 cm³/mol. The molecule has 6 heteroatoms. The van der Waals surface area contributed by atoms with Gasteiger partial charge in [0, 0.05) is 17.1 Å². The zero-order valence-corrected chi connectivity index (χ0v) is 10.1. The first kappa shape index (κ1) is 11.2. The first-order valence-corrected chi connectivity index (χ1v) is 5.73. The summed E-state index contributed by atoms with van der Waals surface area (Å²) >= 11 is 3.31. The molecule has 0 radical (unpaired) electrons. The molecule has 2 N–H and O–H groups in total. The summed E-state index contributed by atoms with van der Waals surface area (Å²) in [4.78, 5) is 8.41. The van der Waals surface area contributed by atoms with Crippen molar-refractivity contribution in [3.63, 3.8) is 0 Å². The van der Waals surface area contributed by atoms with Crippen molar-refractivity contribution in [1.82, 2.24) is 15.1 Å². The minimum atomic E-state index is 0.444.